The Morgan fingerprint density at radius 3 is 2.89 bits per heavy atom. The molecule has 2 heterocycles. The van der Waals surface area contributed by atoms with Crippen LogP contribution in [0.25, 0.3) is 10.9 Å². The van der Waals surface area contributed by atoms with Gasteiger partial charge in [0.15, 0.2) is 11.6 Å². The maximum atomic E-state index is 13.9. The second-order valence-electron chi connectivity index (χ2n) is 7.74. The largest absolute Gasteiger partial charge is 0.323 e. The molecule has 3 fully saturated rings. The maximum Gasteiger partial charge on any atom is 0.228 e. The average molecular weight is 403 g/mol. The molecule has 3 atom stereocenters. The second-order valence-corrected chi connectivity index (χ2v) is 8.12. The highest BCUT2D eigenvalue weighted by Gasteiger charge is 2.63. The minimum absolute atomic E-state index is 0.134. The van der Waals surface area contributed by atoms with Crippen LogP contribution in [0.5, 0.6) is 0 Å². The highest BCUT2D eigenvalue weighted by Crippen LogP contribution is 2.63. The van der Waals surface area contributed by atoms with Crippen molar-refractivity contribution < 1.29 is 13.6 Å². The molecule has 3 aromatic rings. The van der Waals surface area contributed by atoms with E-state index in [2.05, 4.69) is 15.4 Å². The first-order valence-corrected chi connectivity index (χ1v) is 9.52. The van der Waals surface area contributed by atoms with Gasteiger partial charge in [-0.2, -0.15) is 5.10 Å². The van der Waals surface area contributed by atoms with Crippen molar-refractivity contribution in [2.75, 3.05) is 5.32 Å². The van der Waals surface area contributed by atoms with Gasteiger partial charge in [-0.3, -0.25) is 14.5 Å². The number of rotatable bonds is 3. The van der Waals surface area contributed by atoms with Crippen molar-refractivity contribution in [3.63, 3.8) is 0 Å². The molecule has 28 heavy (non-hydrogen) atoms. The van der Waals surface area contributed by atoms with Gasteiger partial charge in [0.25, 0.3) is 0 Å². The van der Waals surface area contributed by atoms with Crippen molar-refractivity contribution >= 4 is 34.1 Å². The number of aromatic nitrogens is 3. The van der Waals surface area contributed by atoms with Gasteiger partial charge < -0.3 is 5.32 Å². The Morgan fingerprint density at radius 2 is 2.18 bits per heavy atom. The van der Waals surface area contributed by atoms with Gasteiger partial charge in [-0.05, 0) is 43.4 Å². The fourth-order valence-corrected chi connectivity index (χ4v) is 5.23. The summed E-state index contributed by atoms with van der Waals surface area (Å²) in [5.41, 5.74) is 0.857. The zero-order chi connectivity index (χ0) is 19.6. The number of pyridine rings is 1. The van der Waals surface area contributed by atoms with Crippen molar-refractivity contribution in [1.82, 2.24) is 14.8 Å². The molecule has 1 N–H and O–H groups in total. The number of carbonyl (C=O) groups is 1. The first kappa shape index (κ1) is 17.6. The summed E-state index contributed by atoms with van der Waals surface area (Å²) in [6.45, 7) is 0. The van der Waals surface area contributed by atoms with Crippen molar-refractivity contribution in [1.29, 1.82) is 0 Å². The summed E-state index contributed by atoms with van der Waals surface area (Å²) in [6.07, 6.45) is 6.04. The second kappa shape index (κ2) is 5.98. The summed E-state index contributed by atoms with van der Waals surface area (Å²) in [5.74, 6) is -2.04. The lowest BCUT2D eigenvalue weighted by Crippen LogP contribution is -2.50. The van der Waals surface area contributed by atoms with E-state index in [1.165, 1.54) is 12.3 Å². The van der Waals surface area contributed by atoms with E-state index in [-0.39, 0.29) is 33.2 Å². The predicted octanol–water partition coefficient (Wildman–Crippen LogP) is 4.21. The molecule has 2 bridgehead atoms. The monoisotopic (exact) mass is 402 g/mol. The molecular weight excluding hydrogens is 386 g/mol. The van der Waals surface area contributed by atoms with Gasteiger partial charge in [0.05, 0.1) is 28.5 Å². The number of halogens is 3. The Balaban J connectivity index is 1.46. The predicted molar refractivity (Wildman–Crippen MR) is 101 cm³/mol. The van der Waals surface area contributed by atoms with Crippen LogP contribution >= 0.6 is 11.6 Å². The van der Waals surface area contributed by atoms with E-state index >= 15 is 0 Å². The molecule has 0 radical (unpaired) electrons. The van der Waals surface area contributed by atoms with E-state index in [0.717, 1.165) is 31.0 Å². The zero-order valence-corrected chi connectivity index (χ0v) is 15.8. The number of anilines is 1. The molecule has 5 nitrogen and oxygen atoms in total. The van der Waals surface area contributed by atoms with E-state index in [1.54, 1.807) is 4.68 Å². The fraction of sp³-hybridized carbons (Fsp3) is 0.350. The van der Waals surface area contributed by atoms with E-state index in [1.807, 2.05) is 19.3 Å². The smallest absolute Gasteiger partial charge is 0.228 e. The van der Waals surface area contributed by atoms with Gasteiger partial charge in [0, 0.05) is 24.0 Å². The Labute approximate surface area is 164 Å². The molecule has 3 aliphatic rings. The number of amides is 1. The average Bonchev–Trinajstić information content (AvgIpc) is 3.35. The SMILES string of the molecule is Cn1ccc(C23CCC(C2)C3C(=O)Nc2cnc3c(F)c(F)ccc3c2Cl)n1. The summed E-state index contributed by atoms with van der Waals surface area (Å²) in [6, 6.07) is 4.34. The standard InChI is InChI=1S/C20H17ClF2N4O/c1-27-7-5-14(26-27)20-6-4-10(8-20)15(20)19(28)25-13-9-24-18-11(16(13)21)2-3-12(22)17(18)23/h2-3,5,7,9-10,15H,4,6,8H2,1H3,(H,25,28). The minimum Gasteiger partial charge on any atom is -0.323 e. The molecule has 6 rings (SSSR count). The van der Waals surface area contributed by atoms with Crippen LogP contribution in [0.1, 0.15) is 25.0 Å². The van der Waals surface area contributed by atoms with Gasteiger partial charge in [-0.15, -0.1) is 0 Å². The van der Waals surface area contributed by atoms with Gasteiger partial charge in [-0.1, -0.05) is 11.6 Å². The zero-order valence-electron chi connectivity index (χ0n) is 15.0. The number of nitrogens with zero attached hydrogens (tertiary/aromatic N) is 3. The van der Waals surface area contributed by atoms with Crippen LogP contribution in [0, 0.1) is 23.5 Å². The Hall–Kier alpha value is -2.54. The van der Waals surface area contributed by atoms with E-state index in [9.17, 15) is 13.6 Å². The number of carbonyl (C=O) groups excluding carboxylic acids is 1. The first-order chi connectivity index (χ1) is 13.4. The van der Waals surface area contributed by atoms with E-state index < -0.39 is 11.6 Å². The molecule has 0 saturated heterocycles. The van der Waals surface area contributed by atoms with Crippen LogP contribution in [0.4, 0.5) is 14.5 Å². The lowest BCUT2D eigenvalue weighted by atomic mass is 9.58. The Morgan fingerprint density at radius 1 is 1.36 bits per heavy atom. The quantitative estimate of drug-likeness (QED) is 0.714. The minimum atomic E-state index is -1.05. The van der Waals surface area contributed by atoms with Crippen molar-refractivity contribution in [3.8, 4) is 0 Å². The number of aryl methyl sites for hydroxylation is 1. The number of hydrogen-bond donors (Lipinski definition) is 1. The summed E-state index contributed by atoms with van der Waals surface area (Å²) in [7, 11) is 1.86. The third kappa shape index (κ3) is 2.32. The van der Waals surface area contributed by atoms with Gasteiger partial charge in [0.1, 0.15) is 5.52 Å². The summed E-state index contributed by atoms with van der Waals surface area (Å²) >= 11 is 6.36. The van der Waals surface area contributed by atoms with Crippen LogP contribution < -0.4 is 5.32 Å². The number of nitrogens with one attached hydrogen (secondary N) is 1. The summed E-state index contributed by atoms with van der Waals surface area (Å²) < 4.78 is 29.1. The number of benzene rings is 1. The van der Waals surface area contributed by atoms with Crippen LogP contribution in [-0.2, 0) is 17.3 Å². The third-order valence-electron chi connectivity index (χ3n) is 6.28. The molecule has 1 aromatic carbocycles. The van der Waals surface area contributed by atoms with Crippen LogP contribution in [0.3, 0.4) is 0 Å². The molecule has 2 aromatic heterocycles. The molecule has 3 saturated carbocycles. The molecule has 144 valence electrons. The van der Waals surface area contributed by atoms with Crippen LogP contribution in [0.15, 0.2) is 30.6 Å². The summed E-state index contributed by atoms with van der Waals surface area (Å²) in [5, 5.41) is 7.80. The van der Waals surface area contributed by atoms with Gasteiger partial charge >= 0.3 is 0 Å². The van der Waals surface area contributed by atoms with Gasteiger partial charge in [0.2, 0.25) is 5.91 Å². The Kier molecular flexibility index (Phi) is 3.75. The molecule has 8 heteroatoms. The molecule has 0 aliphatic heterocycles. The number of fused-ring (bicyclic) bond motifs is 2. The van der Waals surface area contributed by atoms with Crippen molar-refractivity contribution in [2.24, 2.45) is 18.9 Å². The fourth-order valence-electron chi connectivity index (χ4n) is 4.98. The number of hydrogen-bond acceptors (Lipinski definition) is 3. The van der Waals surface area contributed by atoms with Crippen molar-refractivity contribution in [2.45, 2.75) is 24.7 Å². The maximum absolute atomic E-state index is 13.9. The topological polar surface area (TPSA) is 59.8 Å². The lowest BCUT2D eigenvalue weighted by molar-refractivity contribution is -0.127. The summed E-state index contributed by atoms with van der Waals surface area (Å²) in [4.78, 5) is 17.0. The molecule has 3 unspecified atom stereocenters. The third-order valence-corrected chi connectivity index (χ3v) is 6.69. The van der Waals surface area contributed by atoms with Gasteiger partial charge in [-0.25, -0.2) is 8.78 Å². The molecule has 0 spiro atoms. The highest BCUT2D eigenvalue weighted by atomic mass is 35.5. The molecule has 1 amide bonds. The normalized spacial score (nSPS) is 25.7. The van der Waals surface area contributed by atoms with Crippen molar-refractivity contribution in [3.05, 3.63) is 52.9 Å². The highest BCUT2D eigenvalue weighted by molar-refractivity contribution is 6.38. The van der Waals surface area contributed by atoms with Crippen LogP contribution in [-0.4, -0.2) is 20.7 Å². The van der Waals surface area contributed by atoms with E-state index in [0.29, 0.717) is 11.6 Å². The molecular formula is C20H17ClF2N4O. The Bertz CT molecular complexity index is 1130. The van der Waals surface area contributed by atoms with E-state index in [4.69, 9.17) is 11.6 Å². The molecule has 3 aliphatic carbocycles. The lowest BCUT2D eigenvalue weighted by Gasteiger charge is -2.45. The van der Waals surface area contributed by atoms with Crippen LogP contribution in [0.2, 0.25) is 5.02 Å². The first-order valence-electron chi connectivity index (χ1n) is 9.14.